The molecule has 0 aliphatic carbocycles. The monoisotopic (exact) mass is 333 g/mol. The van der Waals surface area contributed by atoms with Crippen molar-refractivity contribution in [3.8, 4) is 0 Å². The van der Waals surface area contributed by atoms with Crippen LogP contribution >= 0.6 is 7.92 Å². The van der Waals surface area contributed by atoms with E-state index in [4.69, 9.17) is 0 Å². The Morgan fingerprint density at radius 3 is 2.26 bits per heavy atom. The van der Waals surface area contributed by atoms with Gasteiger partial charge < -0.3 is 5.32 Å². The second-order valence-electron chi connectivity index (χ2n) is 7.95. The Morgan fingerprint density at radius 2 is 1.78 bits per heavy atom. The van der Waals surface area contributed by atoms with E-state index in [1.54, 1.807) is 0 Å². The van der Waals surface area contributed by atoms with E-state index in [2.05, 4.69) is 83.5 Å². The molecule has 0 aromatic heterocycles. The third-order valence-electron chi connectivity index (χ3n) is 4.90. The molecular formula is C21H36NP. The highest BCUT2D eigenvalue weighted by atomic mass is 31.1. The van der Waals surface area contributed by atoms with E-state index in [9.17, 15) is 0 Å². The van der Waals surface area contributed by atoms with Gasteiger partial charge in [0.1, 0.15) is 0 Å². The fourth-order valence-corrected chi connectivity index (χ4v) is 4.28. The summed E-state index contributed by atoms with van der Waals surface area (Å²) in [4.78, 5) is 0. The Labute approximate surface area is 145 Å². The first-order valence-electron chi connectivity index (χ1n) is 8.83. The Kier molecular flexibility index (Phi) is 7.98. The number of rotatable bonds is 9. The first kappa shape index (κ1) is 20.4. The fraction of sp³-hybridized carbons (Fsp3) is 0.619. The molecule has 0 radical (unpaired) electrons. The average Bonchev–Trinajstić information content (AvgIpc) is 2.49. The standard InChI is InChI=1S/C21H36NP/c1-8-21(16-18(2)3,14-15-23(7)20(4,5)6)22-17-19-12-10-9-11-13-19/h9-13,22H,2,8,14-17H2,1,3-7H3. The van der Waals surface area contributed by atoms with Crippen molar-refractivity contribution in [2.45, 2.75) is 71.1 Å². The molecule has 0 fully saturated rings. The molecule has 0 saturated heterocycles. The number of hydrogen-bond donors (Lipinski definition) is 1. The minimum Gasteiger partial charge on any atom is -0.307 e. The van der Waals surface area contributed by atoms with Gasteiger partial charge in [0.2, 0.25) is 0 Å². The summed E-state index contributed by atoms with van der Waals surface area (Å²) < 4.78 is 0. The summed E-state index contributed by atoms with van der Waals surface area (Å²) in [6.07, 6.45) is 4.79. The molecule has 0 heterocycles. The number of benzene rings is 1. The lowest BCUT2D eigenvalue weighted by Crippen LogP contribution is -2.45. The van der Waals surface area contributed by atoms with Gasteiger partial charge >= 0.3 is 0 Å². The second kappa shape index (κ2) is 9.00. The Balaban J connectivity index is 2.78. The van der Waals surface area contributed by atoms with Crippen molar-refractivity contribution in [3.63, 3.8) is 0 Å². The zero-order valence-corrected chi connectivity index (χ0v) is 17.0. The van der Waals surface area contributed by atoms with Gasteiger partial charge in [-0.05, 0) is 49.7 Å². The van der Waals surface area contributed by atoms with Crippen LogP contribution in [0.5, 0.6) is 0 Å². The first-order valence-corrected chi connectivity index (χ1v) is 10.8. The van der Waals surface area contributed by atoms with E-state index in [-0.39, 0.29) is 13.5 Å². The summed E-state index contributed by atoms with van der Waals surface area (Å²) in [7, 11) is 0.0487. The third-order valence-corrected chi connectivity index (χ3v) is 8.08. The molecular weight excluding hydrogens is 297 g/mol. The largest absolute Gasteiger partial charge is 0.307 e. The molecule has 1 aromatic rings. The van der Waals surface area contributed by atoms with E-state index in [0.29, 0.717) is 5.16 Å². The van der Waals surface area contributed by atoms with Crippen molar-refractivity contribution in [2.75, 3.05) is 12.8 Å². The molecule has 0 aliphatic rings. The lowest BCUT2D eigenvalue weighted by Gasteiger charge is -2.38. The second-order valence-corrected chi connectivity index (χ2v) is 11.1. The van der Waals surface area contributed by atoms with Gasteiger partial charge in [0.15, 0.2) is 0 Å². The van der Waals surface area contributed by atoms with Crippen LogP contribution in [0, 0.1) is 0 Å². The molecule has 1 N–H and O–H groups in total. The molecule has 23 heavy (non-hydrogen) atoms. The smallest absolute Gasteiger partial charge is 0.0222 e. The molecule has 2 heteroatoms. The van der Waals surface area contributed by atoms with Gasteiger partial charge in [-0.25, -0.2) is 0 Å². The van der Waals surface area contributed by atoms with Crippen LogP contribution in [-0.4, -0.2) is 23.5 Å². The summed E-state index contributed by atoms with van der Waals surface area (Å²) >= 11 is 0. The van der Waals surface area contributed by atoms with Gasteiger partial charge in [0, 0.05) is 12.1 Å². The van der Waals surface area contributed by atoms with E-state index < -0.39 is 0 Å². The Hall–Kier alpha value is -0.650. The minimum atomic E-state index is 0.0487. The summed E-state index contributed by atoms with van der Waals surface area (Å²) in [6, 6.07) is 10.7. The van der Waals surface area contributed by atoms with Crippen molar-refractivity contribution < 1.29 is 0 Å². The predicted octanol–water partition coefficient (Wildman–Crippen LogP) is 6.19. The molecule has 0 bridgehead atoms. The van der Waals surface area contributed by atoms with Gasteiger partial charge in [-0.1, -0.05) is 63.6 Å². The molecule has 0 spiro atoms. The van der Waals surface area contributed by atoms with E-state index >= 15 is 0 Å². The Bertz CT molecular complexity index is 474. The lowest BCUT2D eigenvalue weighted by molar-refractivity contribution is 0.297. The van der Waals surface area contributed by atoms with Crippen molar-refractivity contribution in [1.29, 1.82) is 0 Å². The minimum absolute atomic E-state index is 0.0487. The Morgan fingerprint density at radius 1 is 1.17 bits per heavy atom. The maximum atomic E-state index is 4.18. The molecule has 1 aromatic carbocycles. The maximum absolute atomic E-state index is 4.18. The van der Waals surface area contributed by atoms with Crippen molar-refractivity contribution in [2.24, 2.45) is 0 Å². The van der Waals surface area contributed by atoms with Crippen LogP contribution in [0.25, 0.3) is 0 Å². The molecule has 0 aliphatic heterocycles. The molecule has 130 valence electrons. The van der Waals surface area contributed by atoms with Crippen LogP contribution in [-0.2, 0) is 6.54 Å². The molecule has 1 rings (SSSR count). The van der Waals surface area contributed by atoms with E-state index in [0.717, 1.165) is 19.4 Å². The molecule has 0 amide bonds. The highest BCUT2D eigenvalue weighted by molar-refractivity contribution is 7.58. The van der Waals surface area contributed by atoms with Crippen LogP contribution in [0.2, 0.25) is 0 Å². The topological polar surface area (TPSA) is 12.0 Å². The van der Waals surface area contributed by atoms with Crippen LogP contribution in [0.4, 0.5) is 0 Å². The van der Waals surface area contributed by atoms with Crippen LogP contribution < -0.4 is 5.32 Å². The molecule has 2 unspecified atom stereocenters. The lowest BCUT2D eigenvalue weighted by atomic mass is 9.86. The molecule has 2 atom stereocenters. The van der Waals surface area contributed by atoms with E-state index in [1.807, 2.05) is 0 Å². The van der Waals surface area contributed by atoms with Crippen LogP contribution in [0.3, 0.4) is 0 Å². The van der Waals surface area contributed by atoms with Gasteiger partial charge in [0.05, 0.1) is 0 Å². The molecule has 1 nitrogen and oxygen atoms in total. The van der Waals surface area contributed by atoms with Gasteiger partial charge in [-0.2, -0.15) is 0 Å². The quantitative estimate of drug-likeness (QED) is 0.419. The van der Waals surface area contributed by atoms with Crippen molar-refractivity contribution in [1.82, 2.24) is 5.32 Å². The van der Waals surface area contributed by atoms with Gasteiger partial charge in [-0.15, -0.1) is 14.5 Å². The third kappa shape index (κ3) is 7.19. The zero-order valence-electron chi connectivity index (χ0n) is 16.1. The first-order chi connectivity index (χ1) is 10.7. The van der Waals surface area contributed by atoms with Gasteiger partial charge in [0.25, 0.3) is 0 Å². The predicted molar refractivity (Wildman–Crippen MR) is 108 cm³/mol. The fourth-order valence-electron chi connectivity index (χ4n) is 2.85. The van der Waals surface area contributed by atoms with E-state index in [1.165, 1.54) is 23.7 Å². The highest BCUT2D eigenvalue weighted by Crippen LogP contribution is 2.47. The van der Waals surface area contributed by atoms with Gasteiger partial charge in [-0.3, -0.25) is 0 Å². The SMILES string of the molecule is C=C(C)CC(CC)(CCP(C)C(C)(C)C)NCc1ccccc1. The summed E-state index contributed by atoms with van der Waals surface area (Å²) in [5.74, 6) is 0. The summed E-state index contributed by atoms with van der Waals surface area (Å²) in [5, 5.41) is 4.33. The van der Waals surface area contributed by atoms with Crippen LogP contribution in [0.15, 0.2) is 42.5 Å². The zero-order chi connectivity index (χ0) is 17.5. The summed E-state index contributed by atoms with van der Waals surface area (Å²) in [6.45, 7) is 19.2. The van der Waals surface area contributed by atoms with Crippen LogP contribution in [0.1, 0.15) is 59.4 Å². The number of nitrogens with one attached hydrogen (secondary N) is 1. The van der Waals surface area contributed by atoms with Crippen molar-refractivity contribution in [3.05, 3.63) is 48.0 Å². The average molecular weight is 334 g/mol. The number of hydrogen-bond acceptors (Lipinski definition) is 1. The maximum Gasteiger partial charge on any atom is 0.0222 e. The highest BCUT2D eigenvalue weighted by Gasteiger charge is 2.30. The summed E-state index contributed by atoms with van der Waals surface area (Å²) in [5.41, 5.74) is 2.83. The van der Waals surface area contributed by atoms with Crippen molar-refractivity contribution >= 4 is 7.92 Å². The molecule has 0 saturated carbocycles. The normalized spacial score (nSPS) is 15.9.